The van der Waals surface area contributed by atoms with Crippen molar-refractivity contribution in [2.45, 2.75) is 45.1 Å². The average Bonchev–Trinajstić information content (AvgIpc) is 2.96. The molecule has 3 N–H and O–H groups in total. The number of aryl methyl sites for hydroxylation is 1. The van der Waals surface area contributed by atoms with E-state index in [-0.39, 0.29) is 11.9 Å². The van der Waals surface area contributed by atoms with Gasteiger partial charge in [-0.15, -0.1) is 0 Å². The van der Waals surface area contributed by atoms with Crippen molar-refractivity contribution in [3.63, 3.8) is 0 Å². The van der Waals surface area contributed by atoms with Gasteiger partial charge in [0.15, 0.2) is 5.65 Å². The van der Waals surface area contributed by atoms with Gasteiger partial charge in [-0.3, -0.25) is 4.79 Å². The van der Waals surface area contributed by atoms with Crippen LogP contribution in [0.15, 0.2) is 18.5 Å². The summed E-state index contributed by atoms with van der Waals surface area (Å²) in [5, 5.41) is 7.28. The van der Waals surface area contributed by atoms with E-state index in [0.717, 1.165) is 18.5 Å². The molecule has 1 saturated carbocycles. The second kappa shape index (κ2) is 6.44. The lowest BCUT2D eigenvalue weighted by Crippen LogP contribution is -2.45. The first-order chi connectivity index (χ1) is 10.7. The molecule has 3 rings (SSSR count). The second-order valence-electron chi connectivity index (χ2n) is 6.11. The highest BCUT2D eigenvalue weighted by Crippen LogP contribution is 2.26. The van der Waals surface area contributed by atoms with Gasteiger partial charge in [-0.1, -0.05) is 19.3 Å². The van der Waals surface area contributed by atoms with Gasteiger partial charge in [-0.2, -0.15) is 5.10 Å². The SMILES string of the molecule is Cc1ccn2ncc(C(=O)NC(CN)C3CCCCC3)c2n1. The first kappa shape index (κ1) is 15.0. The van der Waals surface area contributed by atoms with E-state index in [9.17, 15) is 4.79 Å². The Morgan fingerprint density at radius 1 is 1.45 bits per heavy atom. The number of nitrogens with two attached hydrogens (primary N) is 1. The molecule has 0 radical (unpaired) electrons. The number of rotatable bonds is 4. The largest absolute Gasteiger partial charge is 0.348 e. The van der Waals surface area contributed by atoms with Crippen molar-refractivity contribution in [2.75, 3.05) is 6.54 Å². The lowest BCUT2D eigenvalue weighted by molar-refractivity contribution is 0.0917. The highest BCUT2D eigenvalue weighted by atomic mass is 16.1. The lowest BCUT2D eigenvalue weighted by atomic mass is 9.84. The predicted octanol–water partition coefficient (Wildman–Crippen LogP) is 1.68. The molecular weight excluding hydrogens is 278 g/mol. The number of fused-ring (bicyclic) bond motifs is 1. The molecule has 0 saturated heterocycles. The molecule has 2 aromatic heterocycles. The van der Waals surface area contributed by atoms with Gasteiger partial charge >= 0.3 is 0 Å². The number of nitrogens with zero attached hydrogens (tertiary/aromatic N) is 3. The van der Waals surface area contributed by atoms with E-state index in [1.165, 1.54) is 19.3 Å². The van der Waals surface area contributed by atoms with Crippen LogP contribution in [0.4, 0.5) is 0 Å². The highest BCUT2D eigenvalue weighted by molar-refractivity contribution is 5.99. The molecule has 2 heterocycles. The maximum atomic E-state index is 12.6. The van der Waals surface area contributed by atoms with Crippen LogP contribution in [0.5, 0.6) is 0 Å². The summed E-state index contributed by atoms with van der Waals surface area (Å²) < 4.78 is 1.62. The molecule has 1 unspecified atom stereocenters. The lowest BCUT2D eigenvalue weighted by Gasteiger charge is -2.29. The van der Waals surface area contributed by atoms with E-state index < -0.39 is 0 Å². The Morgan fingerprint density at radius 3 is 2.95 bits per heavy atom. The minimum Gasteiger partial charge on any atom is -0.348 e. The molecular formula is C16H23N5O. The molecule has 0 aromatic carbocycles. The molecule has 0 aliphatic heterocycles. The molecule has 1 amide bonds. The second-order valence-corrected chi connectivity index (χ2v) is 6.11. The third kappa shape index (κ3) is 2.97. The van der Waals surface area contributed by atoms with E-state index in [2.05, 4.69) is 15.4 Å². The Kier molecular flexibility index (Phi) is 4.38. The van der Waals surface area contributed by atoms with Crippen LogP contribution in [-0.2, 0) is 0 Å². The van der Waals surface area contributed by atoms with Gasteiger partial charge in [0.1, 0.15) is 5.56 Å². The van der Waals surface area contributed by atoms with Gasteiger partial charge in [0.2, 0.25) is 0 Å². The summed E-state index contributed by atoms with van der Waals surface area (Å²) in [6, 6.07) is 1.90. The minimum absolute atomic E-state index is 0.0348. The summed E-state index contributed by atoms with van der Waals surface area (Å²) in [5.41, 5.74) is 7.86. The van der Waals surface area contributed by atoms with Crippen molar-refractivity contribution in [2.24, 2.45) is 11.7 Å². The summed E-state index contributed by atoms with van der Waals surface area (Å²) in [7, 11) is 0. The third-order valence-electron chi connectivity index (χ3n) is 4.54. The number of aromatic nitrogens is 3. The zero-order valence-corrected chi connectivity index (χ0v) is 13.0. The van der Waals surface area contributed by atoms with Crippen LogP contribution in [0.25, 0.3) is 5.65 Å². The Balaban J connectivity index is 1.78. The Hall–Kier alpha value is -1.95. The molecule has 6 nitrogen and oxygen atoms in total. The molecule has 1 fully saturated rings. The molecule has 6 heteroatoms. The fourth-order valence-corrected chi connectivity index (χ4v) is 3.27. The van der Waals surface area contributed by atoms with Gasteiger partial charge in [-0.05, 0) is 31.7 Å². The van der Waals surface area contributed by atoms with Crippen molar-refractivity contribution < 1.29 is 4.79 Å². The monoisotopic (exact) mass is 301 g/mol. The van der Waals surface area contributed by atoms with Crippen molar-refractivity contribution in [1.29, 1.82) is 0 Å². The summed E-state index contributed by atoms with van der Waals surface area (Å²) in [6.45, 7) is 2.38. The number of nitrogens with one attached hydrogen (secondary N) is 1. The molecule has 1 aliphatic rings. The Labute approximate surface area is 130 Å². The van der Waals surface area contributed by atoms with Crippen LogP contribution in [0, 0.1) is 12.8 Å². The standard InChI is InChI=1S/C16H23N5O/c1-11-7-8-21-15(19-11)13(10-18-21)16(22)20-14(9-17)12-5-3-2-4-6-12/h7-8,10,12,14H,2-6,9,17H2,1H3,(H,20,22). The van der Waals surface area contributed by atoms with Gasteiger partial charge < -0.3 is 11.1 Å². The number of hydrogen-bond donors (Lipinski definition) is 2. The quantitative estimate of drug-likeness (QED) is 0.899. The molecule has 0 bridgehead atoms. The predicted molar refractivity (Wildman–Crippen MR) is 84.6 cm³/mol. The number of carbonyl (C=O) groups excluding carboxylic acids is 1. The summed E-state index contributed by atoms with van der Waals surface area (Å²) >= 11 is 0. The molecule has 1 atom stereocenters. The topological polar surface area (TPSA) is 85.3 Å². The molecule has 2 aromatic rings. The fraction of sp³-hybridized carbons (Fsp3) is 0.562. The van der Waals surface area contributed by atoms with E-state index >= 15 is 0 Å². The van der Waals surface area contributed by atoms with E-state index in [1.54, 1.807) is 10.7 Å². The maximum Gasteiger partial charge on any atom is 0.257 e. The van der Waals surface area contributed by atoms with E-state index in [1.807, 2.05) is 19.2 Å². The highest BCUT2D eigenvalue weighted by Gasteiger charge is 2.25. The van der Waals surface area contributed by atoms with E-state index in [0.29, 0.717) is 23.7 Å². The normalized spacial score (nSPS) is 17.5. The van der Waals surface area contributed by atoms with E-state index in [4.69, 9.17) is 5.73 Å². The van der Waals surface area contributed by atoms with Crippen LogP contribution >= 0.6 is 0 Å². The van der Waals surface area contributed by atoms with Crippen molar-refractivity contribution >= 4 is 11.6 Å². The summed E-state index contributed by atoms with van der Waals surface area (Å²) in [5.74, 6) is 0.355. The minimum atomic E-state index is -0.130. The Bertz CT molecular complexity index is 660. The molecule has 1 aliphatic carbocycles. The first-order valence-corrected chi connectivity index (χ1v) is 8.01. The van der Waals surface area contributed by atoms with Crippen LogP contribution in [0.2, 0.25) is 0 Å². The van der Waals surface area contributed by atoms with Gasteiger partial charge in [0.05, 0.1) is 6.20 Å². The molecule has 0 spiro atoms. The van der Waals surface area contributed by atoms with Crippen LogP contribution in [0.1, 0.15) is 48.2 Å². The van der Waals surface area contributed by atoms with Crippen LogP contribution in [-0.4, -0.2) is 33.1 Å². The number of carbonyl (C=O) groups is 1. The van der Waals surface area contributed by atoms with Crippen molar-refractivity contribution in [3.05, 3.63) is 29.7 Å². The van der Waals surface area contributed by atoms with Crippen molar-refractivity contribution in [3.8, 4) is 0 Å². The van der Waals surface area contributed by atoms with Gasteiger partial charge in [-0.25, -0.2) is 9.50 Å². The van der Waals surface area contributed by atoms with Crippen molar-refractivity contribution in [1.82, 2.24) is 19.9 Å². The van der Waals surface area contributed by atoms with Gasteiger partial charge in [0.25, 0.3) is 5.91 Å². The van der Waals surface area contributed by atoms with Crippen LogP contribution in [0.3, 0.4) is 0 Å². The zero-order chi connectivity index (χ0) is 15.5. The maximum absolute atomic E-state index is 12.6. The third-order valence-corrected chi connectivity index (χ3v) is 4.54. The molecule has 22 heavy (non-hydrogen) atoms. The average molecular weight is 301 g/mol. The number of hydrogen-bond acceptors (Lipinski definition) is 4. The van der Waals surface area contributed by atoms with Gasteiger partial charge in [0, 0.05) is 24.5 Å². The number of amides is 1. The summed E-state index contributed by atoms with van der Waals surface area (Å²) in [6.07, 6.45) is 9.44. The zero-order valence-electron chi connectivity index (χ0n) is 13.0. The molecule has 118 valence electrons. The first-order valence-electron chi connectivity index (χ1n) is 8.01. The Morgan fingerprint density at radius 2 is 2.23 bits per heavy atom. The summed E-state index contributed by atoms with van der Waals surface area (Å²) in [4.78, 5) is 17.0. The van der Waals surface area contributed by atoms with Crippen LogP contribution < -0.4 is 11.1 Å². The smallest absolute Gasteiger partial charge is 0.257 e. The fourth-order valence-electron chi connectivity index (χ4n) is 3.27.